The summed E-state index contributed by atoms with van der Waals surface area (Å²) in [6.45, 7) is 6.16. The van der Waals surface area contributed by atoms with Gasteiger partial charge in [-0.1, -0.05) is 62.4 Å². The highest BCUT2D eigenvalue weighted by atomic mass is 16.6. The van der Waals surface area contributed by atoms with Gasteiger partial charge >= 0.3 is 5.97 Å². The average Bonchev–Trinajstić information content (AvgIpc) is 3.47. The molecule has 0 unspecified atom stereocenters. The number of aliphatic hydroxyl groups is 2. The molecule has 3 aromatic rings. The van der Waals surface area contributed by atoms with Crippen LogP contribution >= 0.6 is 0 Å². The van der Waals surface area contributed by atoms with E-state index < -0.39 is 35.7 Å². The van der Waals surface area contributed by atoms with Crippen molar-refractivity contribution in [2.24, 2.45) is 17.3 Å². The third-order valence-corrected chi connectivity index (χ3v) is 8.18. The Morgan fingerprint density at radius 3 is 2.34 bits per heavy atom. The fourth-order valence-electron chi connectivity index (χ4n) is 6.38. The maximum atomic E-state index is 13.6. The van der Waals surface area contributed by atoms with Crippen LogP contribution in [0.15, 0.2) is 77.6 Å². The molecule has 0 saturated heterocycles. The van der Waals surface area contributed by atoms with E-state index in [0.29, 0.717) is 17.5 Å². The van der Waals surface area contributed by atoms with Crippen LogP contribution in [0.2, 0.25) is 0 Å². The van der Waals surface area contributed by atoms with Crippen LogP contribution in [-0.2, 0) is 16.0 Å². The smallest absolute Gasteiger partial charge is 0.338 e. The minimum absolute atomic E-state index is 0.0416. The van der Waals surface area contributed by atoms with E-state index in [0.717, 1.165) is 24.0 Å². The highest BCUT2D eigenvalue weighted by molar-refractivity contribution is 5.94. The number of hydrogen-bond acceptors (Lipinski definition) is 6. The highest BCUT2D eigenvalue weighted by Gasteiger charge is 2.54. The van der Waals surface area contributed by atoms with Gasteiger partial charge in [-0.3, -0.25) is 4.79 Å². The van der Waals surface area contributed by atoms with Crippen LogP contribution in [0.25, 0.3) is 0 Å². The molecular formula is C31H35NO6. The molecule has 1 saturated carbocycles. The maximum absolute atomic E-state index is 13.6. The Hall–Kier alpha value is -3.42. The molecule has 1 amide bonds. The Morgan fingerprint density at radius 1 is 1.00 bits per heavy atom. The zero-order valence-corrected chi connectivity index (χ0v) is 22.0. The molecule has 1 aromatic heterocycles. The van der Waals surface area contributed by atoms with Gasteiger partial charge in [-0.2, -0.15) is 0 Å². The topological polar surface area (TPSA) is 109 Å². The molecule has 7 nitrogen and oxygen atoms in total. The van der Waals surface area contributed by atoms with Gasteiger partial charge in [0.1, 0.15) is 6.10 Å². The fraction of sp³-hybridized carbons (Fsp3) is 0.419. The molecule has 7 heteroatoms. The van der Waals surface area contributed by atoms with Gasteiger partial charge in [-0.15, -0.1) is 0 Å². The molecule has 2 aliphatic carbocycles. The normalized spacial score (nSPS) is 27.3. The number of rotatable bonds is 6. The number of esters is 1. The first-order chi connectivity index (χ1) is 18.1. The van der Waals surface area contributed by atoms with E-state index in [9.17, 15) is 19.8 Å². The molecule has 1 fully saturated rings. The zero-order chi connectivity index (χ0) is 27.1. The first kappa shape index (κ1) is 26.2. The molecule has 0 radical (unpaired) electrons. The van der Waals surface area contributed by atoms with Crippen molar-refractivity contribution in [3.63, 3.8) is 0 Å². The van der Waals surface area contributed by atoms with Gasteiger partial charge in [0.05, 0.1) is 24.2 Å². The number of hydrogen-bond donors (Lipinski definition) is 3. The largest absolute Gasteiger partial charge is 0.472 e. The summed E-state index contributed by atoms with van der Waals surface area (Å²) >= 11 is 0. The molecule has 2 aliphatic rings. The second-order valence-electron chi connectivity index (χ2n) is 11.8. The van der Waals surface area contributed by atoms with Gasteiger partial charge in [0, 0.05) is 29.0 Å². The fourth-order valence-corrected chi connectivity index (χ4v) is 6.38. The molecule has 3 N–H and O–H groups in total. The lowest BCUT2D eigenvalue weighted by Crippen LogP contribution is -2.42. The molecule has 2 aromatic carbocycles. The van der Waals surface area contributed by atoms with E-state index in [1.807, 2.05) is 19.1 Å². The van der Waals surface area contributed by atoms with Gasteiger partial charge in [0.25, 0.3) is 5.91 Å². The summed E-state index contributed by atoms with van der Waals surface area (Å²) < 4.78 is 11.6. The van der Waals surface area contributed by atoms with E-state index in [-0.39, 0.29) is 17.3 Å². The standard InChI is InChI=1S/C31H35NO6/c1-30(2)15-22-24(16-30)31(3,36)14-21-17-37-18-23(21)27(22)38-29(35)26(33)25(19-10-6-4-7-11-19)32-28(34)20-12-8-5-9-13-20/h4-13,17-18,22,24-27,33,36H,14-16H2,1-3H3,(H,32,34)/t22-,24-,25-,26+,27+,31-/m0/s1. The number of ether oxygens (including phenoxy) is 1. The lowest BCUT2D eigenvalue weighted by atomic mass is 9.78. The predicted octanol–water partition coefficient (Wildman–Crippen LogP) is 4.76. The number of nitrogens with one attached hydrogen (secondary N) is 1. The Bertz CT molecular complexity index is 1280. The minimum atomic E-state index is -1.66. The summed E-state index contributed by atoms with van der Waals surface area (Å²) in [5.74, 6) is -1.49. The maximum Gasteiger partial charge on any atom is 0.338 e. The number of benzene rings is 2. The Labute approximate surface area is 222 Å². The van der Waals surface area contributed by atoms with Crippen LogP contribution in [0.3, 0.4) is 0 Å². The first-order valence-corrected chi connectivity index (χ1v) is 13.1. The summed E-state index contributed by atoms with van der Waals surface area (Å²) in [7, 11) is 0. The van der Waals surface area contributed by atoms with Gasteiger partial charge in [0.2, 0.25) is 0 Å². The van der Waals surface area contributed by atoms with E-state index in [2.05, 4.69) is 19.2 Å². The van der Waals surface area contributed by atoms with Crippen molar-refractivity contribution >= 4 is 11.9 Å². The number of fused-ring (bicyclic) bond motifs is 2. The van der Waals surface area contributed by atoms with E-state index >= 15 is 0 Å². The predicted molar refractivity (Wildman–Crippen MR) is 141 cm³/mol. The first-order valence-electron chi connectivity index (χ1n) is 13.1. The highest BCUT2D eigenvalue weighted by Crippen LogP contribution is 2.57. The van der Waals surface area contributed by atoms with E-state index in [4.69, 9.17) is 9.15 Å². The van der Waals surface area contributed by atoms with Gasteiger partial charge in [-0.25, -0.2) is 4.79 Å². The Kier molecular flexibility index (Phi) is 6.92. The molecule has 1 heterocycles. The summed E-state index contributed by atoms with van der Waals surface area (Å²) in [5.41, 5.74) is 1.48. The molecule has 0 spiro atoms. The van der Waals surface area contributed by atoms with Crippen LogP contribution in [0.4, 0.5) is 0 Å². The summed E-state index contributed by atoms with van der Waals surface area (Å²) in [6.07, 6.45) is 2.77. The second-order valence-corrected chi connectivity index (χ2v) is 11.8. The van der Waals surface area contributed by atoms with Crippen molar-refractivity contribution in [3.05, 3.63) is 95.4 Å². The lowest BCUT2D eigenvalue weighted by Gasteiger charge is -2.34. The molecule has 0 bridgehead atoms. The van der Waals surface area contributed by atoms with Crippen molar-refractivity contribution < 1.29 is 29.0 Å². The number of carbonyl (C=O) groups is 2. The molecule has 6 atom stereocenters. The van der Waals surface area contributed by atoms with Crippen molar-refractivity contribution in [1.29, 1.82) is 0 Å². The number of aliphatic hydroxyl groups excluding tert-OH is 1. The Morgan fingerprint density at radius 2 is 1.66 bits per heavy atom. The molecular weight excluding hydrogens is 482 g/mol. The SMILES string of the molecule is CC1(C)C[C@@H]2[C@@H](OC(=O)[C@H](O)[C@@H](NC(=O)c3ccccc3)c3ccccc3)c3cocc3C[C@](C)(O)[C@H]2C1. The average molecular weight is 518 g/mol. The van der Waals surface area contributed by atoms with Crippen LogP contribution in [0, 0.1) is 17.3 Å². The second kappa shape index (κ2) is 10.0. The Balaban J connectivity index is 1.44. The quantitative estimate of drug-likeness (QED) is 0.407. The molecule has 200 valence electrons. The van der Waals surface area contributed by atoms with Crippen LogP contribution in [0.5, 0.6) is 0 Å². The molecule has 38 heavy (non-hydrogen) atoms. The third kappa shape index (κ3) is 5.13. The van der Waals surface area contributed by atoms with Crippen molar-refractivity contribution in [1.82, 2.24) is 5.32 Å². The molecule has 0 aliphatic heterocycles. The van der Waals surface area contributed by atoms with Gasteiger partial charge in [0.15, 0.2) is 6.10 Å². The van der Waals surface area contributed by atoms with Gasteiger partial charge in [-0.05, 0) is 48.8 Å². The lowest BCUT2D eigenvalue weighted by molar-refractivity contribution is -0.166. The minimum Gasteiger partial charge on any atom is -0.472 e. The monoisotopic (exact) mass is 517 g/mol. The number of carbonyl (C=O) groups excluding carboxylic acids is 2. The summed E-state index contributed by atoms with van der Waals surface area (Å²) in [5, 5.41) is 25.6. The van der Waals surface area contributed by atoms with Crippen molar-refractivity contribution in [3.8, 4) is 0 Å². The van der Waals surface area contributed by atoms with Crippen LogP contribution in [-0.4, -0.2) is 33.8 Å². The zero-order valence-electron chi connectivity index (χ0n) is 22.0. The van der Waals surface area contributed by atoms with Crippen molar-refractivity contribution in [2.75, 3.05) is 0 Å². The van der Waals surface area contributed by atoms with Crippen molar-refractivity contribution in [2.45, 2.75) is 63.9 Å². The molecule has 5 rings (SSSR count). The summed E-state index contributed by atoms with van der Waals surface area (Å²) in [6, 6.07) is 16.5. The number of furan rings is 1. The number of amides is 1. The van der Waals surface area contributed by atoms with Gasteiger partial charge < -0.3 is 24.7 Å². The van der Waals surface area contributed by atoms with E-state index in [1.54, 1.807) is 61.1 Å². The summed E-state index contributed by atoms with van der Waals surface area (Å²) in [4.78, 5) is 26.6. The van der Waals surface area contributed by atoms with Crippen LogP contribution < -0.4 is 5.32 Å². The van der Waals surface area contributed by atoms with Crippen LogP contribution in [0.1, 0.15) is 72.8 Å². The third-order valence-electron chi connectivity index (χ3n) is 8.18. The van der Waals surface area contributed by atoms with E-state index in [1.165, 1.54) is 0 Å².